The van der Waals surface area contributed by atoms with Crippen LogP contribution >= 0.6 is 0 Å². The Labute approximate surface area is 126 Å². The van der Waals surface area contributed by atoms with E-state index in [1.54, 1.807) is 6.92 Å². The van der Waals surface area contributed by atoms with Gasteiger partial charge in [0, 0.05) is 6.42 Å². The number of hydrogen-bond donors (Lipinski definition) is 4. The zero-order chi connectivity index (χ0) is 17.1. The van der Waals surface area contributed by atoms with Crippen LogP contribution in [0.3, 0.4) is 0 Å². The summed E-state index contributed by atoms with van der Waals surface area (Å²) in [6.45, 7) is 1.20. The maximum atomic E-state index is 11.4. The third-order valence-electron chi connectivity index (χ3n) is 2.27. The zero-order valence-corrected chi connectivity index (χ0v) is 12.1. The largest absolute Gasteiger partial charge is 0.369 e. The number of carbonyl (C=O) groups excluding carboxylic acids is 6. The summed E-state index contributed by atoms with van der Waals surface area (Å²) in [5.74, 6) is -3.98. The summed E-state index contributed by atoms with van der Waals surface area (Å²) in [6.07, 6.45) is -1.29. The Morgan fingerprint density at radius 2 is 1.27 bits per heavy atom. The molecule has 0 aliphatic carbocycles. The van der Waals surface area contributed by atoms with Gasteiger partial charge in [0.2, 0.25) is 23.6 Å². The van der Waals surface area contributed by atoms with Crippen LogP contribution in [0.1, 0.15) is 32.6 Å². The molecule has 0 saturated heterocycles. The molecule has 0 aromatic carbocycles. The van der Waals surface area contributed by atoms with Gasteiger partial charge in [-0.1, -0.05) is 6.92 Å². The molecule has 0 bridgehead atoms. The predicted octanol–water partition coefficient (Wildman–Crippen LogP) is -2.55. The van der Waals surface area contributed by atoms with Crippen LogP contribution in [0, 0.1) is 0 Å². The van der Waals surface area contributed by atoms with Gasteiger partial charge in [0.05, 0.1) is 19.4 Å². The number of hydrazine groups is 1. The fourth-order valence-electron chi connectivity index (χ4n) is 1.19. The van der Waals surface area contributed by atoms with Crippen molar-refractivity contribution in [2.45, 2.75) is 32.6 Å². The van der Waals surface area contributed by atoms with Gasteiger partial charge in [-0.2, -0.15) is 0 Å². The number of carbonyl (C=O) groups is 6. The lowest BCUT2D eigenvalue weighted by Gasteiger charge is -2.06. The first kappa shape index (κ1) is 19.2. The van der Waals surface area contributed by atoms with Crippen molar-refractivity contribution in [1.82, 2.24) is 16.2 Å². The molecule has 0 heterocycles. The first-order valence-corrected chi connectivity index (χ1v) is 6.40. The molecule has 0 unspecified atom stereocenters. The van der Waals surface area contributed by atoms with Gasteiger partial charge in [0.1, 0.15) is 12.2 Å². The van der Waals surface area contributed by atoms with Crippen LogP contribution in [-0.2, 0) is 28.8 Å². The number of primary amides is 1. The van der Waals surface area contributed by atoms with Crippen molar-refractivity contribution in [2.75, 3.05) is 6.54 Å². The molecule has 4 amide bonds. The molecule has 0 aliphatic rings. The van der Waals surface area contributed by atoms with Gasteiger partial charge in [-0.3, -0.25) is 39.6 Å². The zero-order valence-electron chi connectivity index (χ0n) is 12.1. The second kappa shape index (κ2) is 10.0. The van der Waals surface area contributed by atoms with Gasteiger partial charge in [-0.15, -0.1) is 0 Å². The molecule has 0 fully saturated rings. The van der Waals surface area contributed by atoms with Crippen molar-refractivity contribution >= 4 is 35.2 Å². The normalized spacial score (nSPS) is 9.50. The van der Waals surface area contributed by atoms with Crippen LogP contribution < -0.4 is 21.9 Å². The second-order valence-corrected chi connectivity index (χ2v) is 4.30. The monoisotopic (exact) mass is 314 g/mol. The van der Waals surface area contributed by atoms with Crippen molar-refractivity contribution in [3.05, 3.63) is 0 Å². The van der Waals surface area contributed by atoms with E-state index in [9.17, 15) is 28.8 Å². The van der Waals surface area contributed by atoms with E-state index in [0.29, 0.717) is 0 Å². The summed E-state index contributed by atoms with van der Waals surface area (Å²) >= 11 is 0. The van der Waals surface area contributed by atoms with E-state index in [1.165, 1.54) is 0 Å². The maximum absolute atomic E-state index is 11.4. The van der Waals surface area contributed by atoms with Crippen LogP contribution in [-0.4, -0.2) is 41.7 Å². The minimum Gasteiger partial charge on any atom is -0.369 e. The van der Waals surface area contributed by atoms with E-state index in [4.69, 9.17) is 5.73 Å². The number of amides is 4. The van der Waals surface area contributed by atoms with E-state index in [1.807, 2.05) is 10.9 Å². The summed E-state index contributed by atoms with van der Waals surface area (Å²) in [4.78, 5) is 66.3. The van der Waals surface area contributed by atoms with E-state index in [2.05, 4.69) is 5.32 Å². The van der Waals surface area contributed by atoms with Crippen LogP contribution in [0.15, 0.2) is 0 Å². The van der Waals surface area contributed by atoms with Crippen molar-refractivity contribution < 1.29 is 28.8 Å². The van der Waals surface area contributed by atoms with Gasteiger partial charge in [-0.25, -0.2) is 0 Å². The number of ketones is 2. The Hall–Kier alpha value is -2.78. The molecular weight excluding hydrogens is 296 g/mol. The molecule has 0 saturated carbocycles. The van der Waals surface area contributed by atoms with E-state index >= 15 is 0 Å². The minimum absolute atomic E-state index is 0.217. The molecule has 10 heteroatoms. The summed E-state index contributed by atoms with van der Waals surface area (Å²) in [6, 6.07) is 0. The van der Waals surface area contributed by atoms with Crippen LogP contribution in [0.4, 0.5) is 0 Å². The first-order valence-electron chi connectivity index (χ1n) is 6.40. The Morgan fingerprint density at radius 3 is 1.77 bits per heavy atom. The lowest BCUT2D eigenvalue weighted by molar-refractivity contribution is -0.134. The van der Waals surface area contributed by atoms with Gasteiger partial charge in [-0.05, 0) is 0 Å². The highest BCUT2D eigenvalue weighted by Gasteiger charge is 2.13. The molecule has 0 aromatic heterocycles. The molecule has 0 radical (unpaired) electrons. The number of hydrogen-bond acceptors (Lipinski definition) is 6. The molecule has 10 nitrogen and oxygen atoms in total. The highest BCUT2D eigenvalue weighted by molar-refractivity contribution is 6.03. The predicted molar refractivity (Wildman–Crippen MR) is 72.6 cm³/mol. The molecule has 5 N–H and O–H groups in total. The summed E-state index contributed by atoms with van der Waals surface area (Å²) in [7, 11) is 0. The quantitative estimate of drug-likeness (QED) is 0.270. The third-order valence-corrected chi connectivity index (χ3v) is 2.27. The first-order chi connectivity index (χ1) is 10.2. The van der Waals surface area contributed by atoms with Gasteiger partial charge >= 0.3 is 0 Å². The minimum atomic E-state index is -0.868. The molecule has 0 aromatic rings. The number of nitrogens with one attached hydrogen (secondary N) is 3. The number of rotatable bonds is 9. The maximum Gasteiger partial charge on any atom is 0.247 e. The number of Topliss-reactive ketones (excluding diaryl/α,β-unsaturated/α-hetero) is 2. The average Bonchev–Trinajstić information content (AvgIpc) is 2.42. The molecule has 0 atom stereocenters. The van der Waals surface area contributed by atoms with Gasteiger partial charge < -0.3 is 11.1 Å². The Morgan fingerprint density at radius 1 is 0.773 bits per heavy atom. The van der Waals surface area contributed by atoms with Crippen LogP contribution in [0.5, 0.6) is 0 Å². The van der Waals surface area contributed by atoms with Crippen molar-refractivity contribution in [3.63, 3.8) is 0 Å². The highest BCUT2D eigenvalue weighted by atomic mass is 16.2. The van der Waals surface area contributed by atoms with Crippen molar-refractivity contribution in [3.8, 4) is 0 Å². The molecule has 122 valence electrons. The fraction of sp³-hybridized carbons (Fsp3) is 0.500. The van der Waals surface area contributed by atoms with E-state index in [-0.39, 0.29) is 18.6 Å². The lowest BCUT2D eigenvalue weighted by Crippen LogP contribution is -2.44. The average molecular weight is 314 g/mol. The lowest BCUT2D eigenvalue weighted by atomic mass is 10.2. The third kappa shape index (κ3) is 10.1. The summed E-state index contributed by atoms with van der Waals surface area (Å²) in [5.41, 5.74) is 8.57. The Balaban J connectivity index is 3.94. The van der Waals surface area contributed by atoms with Gasteiger partial charge in [0.25, 0.3) is 0 Å². The smallest absolute Gasteiger partial charge is 0.247 e. The van der Waals surface area contributed by atoms with E-state index < -0.39 is 48.8 Å². The van der Waals surface area contributed by atoms with Gasteiger partial charge in [0.15, 0.2) is 5.78 Å². The number of nitrogens with two attached hydrogens (primary N) is 1. The Kier molecular flexibility index (Phi) is 8.75. The molecule has 0 aliphatic heterocycles. The summed E-state index contributed by atoms with van der Waals surface area (Å²) < 4.78 is 0. The van der Waals surface area contributed by atoms with Crippen molar-refractivity contribution in [1.29, 1.82) is 0 Å². The molecule has 22 heavy (non-hydrogen) atoms. The van der Waals surface area contributed by atoms with Crippen LogP contribution in [0.2, 0.25) is 0 Å². The Bertz CT molecular complexity index is 488. The van der Waals surface area contributed by atoms with Crippen molar-refractivity contribution in [2.24, 2.45) is 5.73 Å². The molecular formula is C12H18N4O6. The fourth-order valence-corrected chi connectivity index (χ4v) is 1.19. The summed E-state index contributed by atoms with van der Waals surface area (Å²) in [5, 5.41) is 2.21. The second-order valence-electron chi connectivity index (χ2n) is 4.30. The highest BCUT2D eigenvalue weighted by Crippen LogP contribution is 1.89. The topological polar surface area (TPSA) is 165 Å². The standard InChI is InChI=1S/C12H18N4O6/c1-2-7(17)3-10(20)14-6-8(18)4-11(21)15-16-12(22)5-9(13)19/h2-6H2,1H3,(H2,13,19)(H,14,20)(H,15,21)(H,16,22). The SMILES string of the molecule is CCC(=O)CC(=O)NCC(=O)CC(=O)NNC(=O)CC(N)=O. The van der Waals surface area contributed by atoms with E-state index in [0.717, 1.165) is 0 Å². The molecule has 0 spiro atoms. The van der Waals surface area contributed by atoms with Crippen LogP contribution in [0.25, 0.3) is 0 Å². The molecule has 0 rings (SSSR count).